The van der Waals surface area contributed by atoms with Gasteiger partial charge in [-0.3, -0.25) is 4.90 Å². The van der Waals surface area contributed by atoms with Crippen molar-refractivity contribution in [2.75, 3.05) is 32.8 Å². The van der Waals surface area contributed by atoms with Crippen LogP contribution in [-0.4, -0.2) is 49.3 Å². The van der Waals surface area contributed by atoms with Gasteiger partial charge in [0.2, 0.25) is 0 Å². The molecule has 0 aliphatic carbocycles. The van der Waals surface area contributed by atoms with E-state index in [-0.39, 0.29) is 5.54 Å². The van der Waals surface area contributed by atoms with Crippen LogP contribution >= 0.6 is 0 Å². The van der Waals surface area contributed by atoms with Crippen molar-refractivity contribution in [1.82, 2.24) is 10.2 Å². The Bertz CT molecular complexity index is 194. The van der Waals surface area contributed by atoms with Crippen molar-refractivity contribution >= 4 is 0 Å². The van der Waals surface area contributed by atoms with Gasteiger partial charge in [0.05, 0.1) is 13.2 Å². The van der Waals surface area contributed by atoms with E-state index in [4.69, 9.17) is 4.74 Å². The van der Waals surface area contributed by atoms with Crippen molar-refractivity contribution < 1.29 is 4.74 Å². The minimum atomic E-state index is 0.211. The third kappa shape index (κ3) is 4.40. The van der Waals surface area contributed by atoms with Gasteiger partial charge in [0, 0.05) is 24.7 Å². The van der Waals surface area contributed by atoms with Gasteiger partial charge in [0.15, 0.2) is 0 Å². The van der Waals surface area contributed by atoms with Crippen LogP contribution in [0.4, 0.5) is 0 Å². The van der Waals surface area contributed by atoms with E-state index in [0.717, 1.165) is 26.3 Å². The van der Waals surface area contributed by atoms with Crippen LogP contribution in [0, 0.1) is 0 Å². The van der Waals surface area contributed by atoms with Crippen LogP contribution in [0.1, 0.15) is 40.5 Å². The molecule has 1 heterocycles. The van der Waals surface area contributed by atoms with Crippen LogP contribution in [0.3, 0.4) is 0 Å². The molecule has 3 heteroatoms. The van der Waals surface area contributed by atoms with E-state index >= 15 is 0 Å². The minimum absolute atomic E-state index is 0.211. The molecule has 0 aromatic carbocycles. The Labute approximate surface area is 101 Å². The summed E-state index contributed by atoms with van der Waals surface area (Å²) in [6.07, 6.45) is 2.44. The Kier molecular flexibility index (Phi) is 5.73. The molecule has 16 heavy (non-hydrogen) atoms. The summed E-state index contributed by atoms with van der Waals surface area (Å²) in [6, 6.07) is 0.624. The Balaban J connectivity index is 2.25. The normalized spacial score (nSPS) is 23.2. The Morgan fingerprint density at radius 3 is 2.81 bits per heavy atom. The summed E-state index contributed by atoms with van der Waals surface area (Å²) in [5.41, 5.74) is 0.211. The smallest absolute Gasteiger partial charge is 0.0645 e. The van der Waals surface area contributed by atoms with Gasteiger partial charge in [0.1, 0.15) is 0 Å². The molecule has 1 saturated heterocycles. The molecule has 1 fully saturated rings. The summed E-state index contributed by atoms with van der Waals surface area (Å²) < 4.78 is 5.53. The molecule has 1 atom stereocenters. The number of rotatable bonds is 6. The van der Waals surface area contributed by atoms with Crippen molar-refractivity contribution in [3.8, 4) is 0 Å². The maximum absolute atomic E-state index is 5.53. The van der Waals surface area contributed by atoms with Gasteiger partial charge >= 0.3 is 0 Å². The number of hydrogen-bond donors (Lipinski definition) is 1. The van der Waals surface area contributed by atoms with Crippen LogP contribution in [-0.2, 0) is 4.74 Å². The van der Waals surface area contributed by atoms with Crippen LogP contribution < -0.4 is 5.32 Å². The second-order valence-electron chi connectivity index (χ2n) is 5.50. The van der Waals surface area contributed by atoms with Gasteiger partial charge in [-0.25, -0.2) is 0 Å². The fourth-order valence-corrected chi connectivity index (χ4v) is 2.15. The van der Waals surface area contributed by atoms with Crippen LogP contribution in [0.2, 0.25) is 0 Å². The van der Waals surface area contributed by atoms with E-state index in [1.165, 1.54) is 19.4 Å². The lowest BCUT2D eigenvalue weighted by molar-refractivity contribution is -0.0519. The lowest BCUT2D eigenvalue weighted by Crippen LogP contribution is -2.53. The number of hydrogen-bond acceptors (Lipinski definition) is 3. The predicted octanol–water partition coefficient (Wildman–Crippen LogP) is 1.88. The quantitative estimate of drug-likeness (QED) is 0.751. The highest BCUT2D eigenvalue weighted by Crippen LogP contribution is 2.19. The van der Waals surface area contributed by atoms with Gasteiger partial charge in [-0.05, 0) is 40.2 Å². The maximum atomic E-state index is 5.53. The molecule has 1 aliphatic heterocycles. The van der Waals surface area contributed by atoms with Crippen molar-refractivity contribution in [2.24, 2.45) is 0 Å². The molecule has 0 amide bonds. The van der Waals surface area contributed by atoms with Crippen molar-refractivity contribution in [3.63, 3.8) is 0 Å². The highest BCUT2D eigenvalue weighted by Gasteiger charge is 2.29. The number of nitrogens with zero attached hydrogens (tertiary/aromatic N) is 1. The zero-order valence-corrected chi connectivity index (χ0v) is 11.4. The largest absolute Gasteiger partial charge is 0.378 e. The zero-order valence-electron chi connectivity index (χ0n) is 11.4. The summed E-state index contributed by atoms with van der Waals surface area (Å²) in [4.78, 5) is 2.56. The van der Waals surface area contributed by atoms with E-state index in [2.05, 4.69) is 37.9 Å². The third-order valence-electron chi connectivity index (χ3n) is 3.39. The average molecular weight is 228 g/mol. The summed E-state index contributed by atoms with van der Waals surface area (Å²) in [5, 5.41) is 3.54. The monoisotopic (exact) mass is 228 g/mol. The SMILES string of the molecule is CCCNC(C)CCN1CCOCC1(C)C. The lowest BCUT2D eigenvalue weighted by atomic mass is 10.0. The molecule has 1 N–H and O–H groups in total. The molecule has 0 radical (unpaired) electrons. The second kappa shape index (κ2) is 6.58. The minimum Gasteiger partial charge on any atom is -0.378 e. The molecule has 0 spiro atoms. The number of ether oxygens (including phenoxy) is 1. The first kappa shape index (κ1) is 13.9. The van der Waals surface area contributed by atoms with Gasteiger partial charge in [-0.1, -0.05) is 6.92 Å². The van der Waals surface area contributed by atoms with Gasteiger partial charge in [-0.15, -0.1) is 0 Å². The standard InChI is InChI=1S/C13H28N2O/c1-5-7-14-12(2)6-8-15-9-10-16-11-13(15,3)4/h12,14H,5-11H2,1-4H3. The van der Waals surface area contributed by atoms with E-state index in [1.807, 2.05) is 0 Å². The van der Waals surface area contributed by atoms with Crippen LogP contribution in [0.15, 0.2) is 0 Å². The molecule has 96 valence electrons. The van der Waals surface area contributed by atoms with Crippen molar-refractivity contribution in [1.29, 1.82) is 0 Å². The van der Waals surface area contributed by atoms with E-state index in [0.29, 0.717) is 6.04 Å². The van der Waals surface area contributed by atoms with Crippen molar-refractivity contribution in [2.45, 2.75) is 52.1 Å². The Morgan fingerprint density at radius 1 is 1.44 bits per heavy atom. The molecule has 0 aromatic heterocycles. The van der Waals surface area contributed by atoms with E-state index in [9.17, 15) is 0 Å². The van der Waals surface area contributed by atoms with Gasteiger partial charge in [0.25, 0.3) is 0 Å². The Hall–Kier alpha value is -0.120. The molecule has 0 aromatic rings. The molecular formula is C13H28N2O. The molecule has 1 aliphatic rings. The lowest BCUT2D eigenvalue weighted by Gasteiger charge is -2.42. The zero-order chi connectivity index (χ0) is 12.0. The third-order valence-corrected chi connectivity index (χ3v) is 3.39. The molecule has 1 rings (SSSR count). The number of nitrogens with one attached hydrogen (secondary N) is 1. The molecular weight excluding hydrogens is 200 g/mol. The van der Waals surface area contributed by atoms with E-state index < -0.39 is 0 Å². The highest BCUT2D eigenvalue weighted by molar-refractivity contribution is 4.84. The first-order chi connectivity index (χ1) is 7.56. The topological polar surface area (TPSA) is 24.5 Å². The molecule has 3 nitrogen and oxygen atoms in total. The van der Waals surface area contributed by atoms with Crippen LogP contribution in [0.5, 0.6) is 0 Å². The molecule has 1 unspecified atom stereocenters. The van der Waals surface area contributed by atoms with Crippen LogP contribution in [0.25, 0.3) is 0 Å². The average Bonchev–Trinajstić information content (AvgIpc) is 2.24. The Morgan fingerprint density at radius 2 is 2.19 bits per heavy atom. The maximum Gasteiger partial charge on any atom is 0.0645 e. The fraction of sp³-hybridized carbons (Fsp3) is 1.00. The summed E-state index contributed by atoms with van der Waals surface area (Å²) >= 11 is 0. The highest BCUT2D eigenvalue weighted by atomic mass is 16.5. The molecule has 0 saturated carbocycles. The summed E-state index contributed by atoms with van der Waals surface area (Å²) in [7, 11) is 0. The molecule has 0 bridgehead atoms. The summed E-state index contributed by atoms with van der Waals surface area (Å²) in [6.45, 7) is 14.2. The first-order valence-electron chi connectivity index (χ1n) is 6.62. The van der Waals surface area contributed by atoms with Crippen molar-refractivity contribution in [3.05, 3.63) is 0 Å². The van der Waals surface area contributed by atoms with E-state index in [1.54, 1.807) is 0 Å². The number of morpholine rings is 1. The van der Waals surface area contributed by atoms with Gasteiger partial charge < -0.3 is 10.1 Å². The fourth-order valence-electron chi connectivity index (χ4n) is 2.15. The van der Waals surface area contributed by atoms with Gasteiger partial charge in [-0.2, -0.15) is 0 Å². The predicted molar refractivity (Wildman–Crippen MR) is 68.8 cm³/mol. The summed E-state index contributed by atoms with van der Waals surface area (Å²) in [5.74, 6) is 0. The first-order valence-corrected chi connectivity index (χ1v) is 6.62. The second-order valence-corrected chi connectivity index (χ2v) is 5.50.